The molecule has 0 aromatic heterocycles. The topological polar surface area (TPSA) is 17.1 Å². The molecule has 8 unspecified atom stereocenters. The molecule has 0 heterocycles. The summed E-state index contributed by atoms with van der Waals surface area (Å²) in [5, 5.41) is 0. The fraction of sp³-hybridized carbons (Fsp3) is 0.952. The monoisotopic (exact) mass is 302 g/mol. The highest BCUT2D eigenvalue weighted by molar-refractivity contribution is 5.85. The van der Waals surface area contributed by atoms with Gasteiger partial charge in [0.2, 0.25) is 0 Å². The highest BCUT2D eigenvalue weighted by Gasteiger charge is 2.58. The second-order valence-corrected chi connectivity index (χ2v) is 9.83. The third kappa shape index (κ3) is 1.80. The van der Waals surface area contributed by atoms with Crippen LogP contribution < -0.4 is 0 Å². The van der Waals surface area contributed by atoms with Crippen molar-refractivity contribution in [1.82, 2.24) is 0 Å². The molecule has 0 radical (unpaired) electrons. The quantitative estimate of drug-likeness (QED) is 0.672. The molecular formula is C21H34O. The first-order chi connectivity index (χ1) is 10.4. The summed E-state index contributed by atoms with van der Waals surface area (Å²) in [5.41, 5.74) is 0.468. The SMILES string of the molecule is CC1C2CCC(C2)C1(C)CCC(=O)C1(C)C2CCC(C2)C1C. The molecule has 4 saturated carbocycles. The molecule has 124 valence electrons. The van der Waals surface area contributed by atoms with Crippen LogP contribution in [0.25, 0.3) is 0 Å². The van der Waals surface area contributed by atoms with Crippen molar-refractivity contribution in [3.05, 3.63) is 0 Å². The van der Waals surface area contributed by atoms with E-state index in [0.29, 0.717) is 23.0 Å². The molecule has 0 spiro atoms. The molecule has 4 aliphatic carbocycles. The van der Waals surface area contributed by atoms with Gasteiger partial charge in [0.1, 0.15) is 5.78 Å². The summed E-state index contributed by atoms with van der Waals surface area (Å²) in [5.74, 6) is 5.49. The molecule has 0 aromatic rings. The Morgan fingerprint density at radius 3 is 2.05 bits per heavy atom. The van der Waals surface area contributed by atoms with Gasteiger partial charge in [-0.05, 0) is 85.9 Å². The van der Waals surface area contributed by atoms with Crippen molar-refractivity contribution in [2.24, 2.45) is 46.3 Å². The average molecular weight is 303 g/mol. The van der Waals surface area contributed by atoms with E-state index in [2.05, 4.69) is 27.7 Å². The molecule has 0 saturated heterocycles. The van der Waals surface area contributed by atoms with Gasteiger partial charge in [0, 0.05) is 11.8 Å². The van der Waals surface area contributed by atoms with Gasteiger partial charge in [-0.1, -0.05) is 27.7 Å². The minimum absolute atomic E-state index is 0.0140. The lowest BCUT2D eigenvalue weighted by molar-refractivity contribution is -0.134. The van der Waals surface area contributed by atoms with Gasteiger partial charge in [0.25, 0.3) is 0 Å². The van der Waals surface area contributed by atoms with Crippen molar-refractivity contribution in [2.75, 3.05) is 0 Å². The lowest BCUT2D eigenvalue weighted by atomic mass is 9.61. The Bertz CT molecular complexity index is 474. The number of fused-ring (bicyclic) bond motifs is 4. The third-order valence-corrected chi connectivity index (χ3v) is 9.62. The van der Waals surface area contributed by atoms with Crippen molar-refractivity contribution in [3.63, 3.8) is 0 Å². The van der Waals surface area contributed by atoms with E-state index < -0.39 is 0 Å². The van der Waals surface area contributed by atoms with E-state index in [9.17, 15) is 4.79 Å². The molecule has 0 aliphatic heterocycles. The molecular weight excluding hydrogens is 268 g/mol. The first-order valence-electron chi connectivity index (χ1n) is 9.90. The van der Waals surface area contributed by atoms with Crippen LogP contribution in [0.4, 0.5) is 0 Å². The molecule has 22 heavy (non-hydrogen) atoms. The molecule has 0 N–H and O–H groups in total. The van der Waals surface area contributed by atoms with Crippen molar-refractivity contribution in [2.45, 2.75) is 79.1 Å². The van der Waals surface area contributed by atoms with E-state index in [-0.39, 0.29) is 5.41 Å². The maximum absolute atomic E-state index is 13.2. The maximum Gasteiger partial charge on any atom is 0.139 e. The van der Waals surface area contributed by atoms with Crippen LogP contribution in [0.15, 0.2) is 0 Å². The van der Waals surface area contributed by atoms with Crippen LogP contribution in [0.1, 0.15) is 79.1 Å². The Balaban J connectivity index is 1.45. The predicted octanol–water partition coefficient (Wildman–Crippen LogP) is 5.48. The van der Waals surface area contributed by atoms with Gasteiger partial charge in [0.15, 0.2) is 0 Å². The molecule has 4 aliphatic rings. The summed E-state index contributed by atoms with van der Waals surface area (Å²) < 4.78 is 0. The fourth-order valence-corrected chi connectivity index (χ4v) is 7.42. The first-order valence-corrected chi connectivity index (χ1v) is 9.90. The number of carbonyl (C=O) groups excluding carboxylic acids is 1. The van der Waals surface area contributed by atoms with Crippen molar-refractivity contribution in [3.8, 4) is 0 Å². The zero-order chi connectivity index (χ0) is 15.7. The average Bonchev–Trinajstić information content (AvgIpc) is 3.24. The largest absolute Gasteiger partial charge is 0.299 e. The second-order valence-electron chi connectivity index (χ2n) is 9.83. The number of Topliss-reactive ketones (excluding diaryl/α,β-unsaturated/α-hetero) is 1. The molecule has 8 atom stereocenters. The Labute approximate surface area is 136 Å². The molecule has 4 rings (SSSR count). The highest BCUT2D eigenvalue weighted by atomic mass is 16.1. The zero-order valence-corrected chi connectivity index (χ0v) is 15.0. The van der Waals surface area contributed by atoms with Crippen molar-refractivity contribution >= 4 is 5.78 Å². The lowest BCUT2D eigenvalue weighted by Gasteiger charge is -2.42. The third-order valence-electron chi connectivity index (χ3n) is 9.62. The van der Waals surface area contributed by atoms with E-state index >= 15 is 0 Å². The van der Waals surface area contributed by atoms with Crippen LogP contribution in [0, 0.1) is 46.3 Å². The zero-order valence-electron chi connectivity index (χ0n) is 15.0. The van der Waals surface area contributed by atoms with E-state index in [0.717, 1.165) is 36.5 Å². The van der Waals surface area contributed by atoms with E-state index in [1.807, 2.05) is 0 Å². The number of ketones is 1. The van der Waals surface area contributed by atoms with Crippen molar-refractivity contribution in [1.29, 1.82) is 0 Å². The van der Waals surface area contributed by atoms with E-state index in [4.69, 9.17) is 0 Å². The number of rotatable bonds is 4. The van der Waals surface area contributed by atoms with Gasteiger partial charge in [-0.15, -0.1) is 0 Å². The summed E-state index contributed by atoms with van der Waals surface area (Å²) in [7, 11) is 0. The highest BCUT2D eigenvalue weighted by Crippen LogP contribution is 2.63. The number of hydrogen-bond donors (Lipinski definition) is 0. The summed E-state index contributed by atoms with van der Waals surface area (Å²) in [6, 6.07) is 0. The molecule has 0 amide bonds. The number of hydrogen-bond acceptors (Lipinski definition) is 1. The molecule has 4 bridgehead atoms. The van der Waals surface area contributed by atoms with Gasteiger partial charge in [-0.25, -0.2) is 0 Å². The Morgan fingerprint density at radius 1 is 0.909 bits per heavy atom. The van der Waals surface area contributed by atoms with Gasteiger partial charge < -0.3 is 0 Å². The van der Waals surface area contributed by atoms with Gasteiger partial charge >= 0.3 is 0 Å². The van der Waals surface area contributed by atoms with Gasteiger partial charge in [-0.2, -0.15) is 0 Å². The first kappa shape index (κ1) is 15.2. The van der Waals surface area contributed by atoms with Crippen molar-refractivity contribution < 1.29 is 4.79 Å². The van der Waals surface area contributed by atoms with Crippen LogP contribution in [0.2, 0.25) is 0 Å². The normalized spacial score (nSPS) is 56.0. The molecule has 4 fully saturated rings. The minimum atomic E-state index is 0.0140. The molecule has 1 nitrogen and oxygen atoms in total. The Hall–Kier alpha value is -0.330. The van der Waals surface area contributed by atoms with Gasteiger partial charge in [-0.3, -0.25) is 4.79 Å². The van der Waals surface area contributed by atoms with Gasteiger partial charge in [0.05, 0.1) is 0 Å². The van der Waals surface area contributed by atoms with Crippen LogP contribution >= 0.6 is 0 Å². The van der Waals surface area contributed by atoms with E-state index in [1.165, 1.54) is 38.5 Å². The molecule has 0 aromatic carbocycles. The lowest BCUT2D eigenvalue weighted by Crippen LogP contribution is -2.41. The van der Waals surface area contributed by atoms with Crippen LogP contribution in [-0.2, 0) is 4.79 Å². The molecule has 1 heteroatoms. The smallest absolute Gasteiger partial charge is 0.139 e. The summed E-state index contributed by atoms with van der Waals surface area (Å²) in [4.78, 5) is 13.2. The summed E-state index contributed by atoms with van der Waals surface area (Å²) in [6.45, 7) is 9.65. The van der Waals surface area contributed by atoms with Crippen LogP contribution in [0.5, 0.6) is 0 Å². The Morgan fingerprint density at radius 2 is 1.50 bits per heavy atom. The maximum atomic E-state index is 13.2. The minimum Gasteiger partial charge on any atom is -0.299 e. The van der Waals surface area contributed by atoms with E-state index in [1.54, 1.807) is 0 Å². The van der Waals surface area contributed by atoms with Crippen LogP contribution in [-0.4, -0.2) is 5.78 Å². The predicted molar refractivity (Wildman–Crippen MR) is 90.4 cm³/mol. The standard InChI is InChI=1S/C21H34O/c1-13-15-5-7-17(11-15)20(13,3)10-9-19(22)21(4)14(2)16-6-8-18(21)12-16/h13-18H,5-12H2,1-4H3. The van der Waals surface area contributed by atoms with Crippen LogP contribution in [0.3, 0.4) is 0 Å². The second kappa shape index (κ2) is 4.84. The fourth-order valence-electron chi connectivity index (χ4n) is 7.42. The summed E-state index contributed by atoms with van der Waals surface area (Å²) >= 11 is 0. The summed E-state index contributed by atoms with van der Waals surface area (Å²) in [6.07, 6.45) is 10.4. The number of carbonyl (C=O) groups is 1. The Kier molecular flexibility index (Phi) is 3.34.